The van der Waals surface area contributed by atoms with Crippen molar-refractivity contribution in [2.24, 2.45) is 0 Å². The van der Waals surface area contributed by atoms with Gasteiger partial charge in [0.05, 0.1) is 12.5 Å². The fourth-order valence-corrected chi connectivity index (χ4v) is 2.29. The van der Waals surface area contributed by atoms with Gasteiger partial charge in [-0.15, -0.1) is 10.2 Å². The van der Waals surface area contributed by atoms with Crippen molar-refractivity contribution in [3.63, 3.8) is 0 Å². The summed E-state index contributed by atoms with van der Waals surface area (Å²) in [4.78, 5) is 0. The van der Waals surface area contributed by atoms with E-state index < -0.39 is 0 Å². The van der Waals surface area contributed by atoms with E-state index in [1.807, 2.05) is 0 Å². The van der Waals surface area contributed by atoms with E-state index in [2.05, 4.69) is 61.4 Å². The molecule has 0 bridgehead atoms. The van der Waals surface area contributed by atoms with E-state index in [9.17, 15) is 0 Å². The summed E-state index contributed by atoms with van der Waals surface area (Å²) < 4.78 is 5.82. The lowest BCUT2D eigenvalue weighted by molar-refractivity contribution is 0.376. The maximum absolute atomic E-state index is 5.82. The zero-order valence-corrected chi connectivity index (χ0v) is 13.4. The molecule has 21 heavy (non-hydrogen) atoms. The van der Waals surface area contributed by atoms with Gasteiger partial charge in [0.1, 0.15) is 0 Å². The molecule has 0 aliphatic carbocycles. The zero-order chi connectivity index (χ0) is 15.2. The Morgan fingerprint density at radius 3 is 2.62 bits per heavy atom. The van der Waals surface area contributed by atoms with Crippen molar-refractivity contribution in [1.29, 1.82) is 0 Å². The van der Waals surface area contributed by atoms with Crippen molar-refractivity contribution < 1.29 is 4.42 Å². The van der Waals surface area contributed by atoms with Crippen molar-refractivity contribution in [3.8, 4) is 0 Å². The number of hydrogen-bond donors (Lipinski definition) is 1. The highest BCUT2D eigenvalue weighted by Gasteiger charge is 2.16. The van der Waals surface area contributed by atoms with Crippen LogP contribution in [0.3, 0.4) is 0 Å². The first-order valence-electron chi connectivity index (χ1n) is 7.75. The van der Waals surface area contributed by atoms with Crippen LogP contribution in [0, 0.1) is 13.8 Å². The van der Waals surface area contributed by atoms with Crippen molar-refractivity contribution in [3.05, 3.63) is 46.7 Å². The van der Waals surface area contributed by atoms with Crippen molar-refractivity contribution >= 4 is 0 Å². The normalized spacial score (nSPS) is 12.6. The lowest BCUT2D eigenvalue weighted by atomic mass is 10.0. The number of nitrogens with one attached hydrogen (secondary N) is 1. The second kappa shape index (κ2) is 7.36. The molecule has 1 heterocycles. The Hall–Kier alpha value is -1.68. The van der Waals surface area contributed by atoms with Crippen molar-refractivity contribution in [2.45, 2.75) is 53.0 Å². The number of aromatic nitrogens is 2. The third-order valence-corrected chi connectivity index (χ3v) is 3.76. The minimum absolute atomic E-state index is 0.158. The molecule has 2 rings (SSSR count). The van der Waals surface area contributed by atoms with E-state index in [0.717, 1.165) is 19.4 Å². The van der Waals surface area contributed by atoms with Crippen LogP contribution in [0.15, 0.2) is 22.6 Å². The van der Waals surface area contributed by atoms with E-state index in [1.165, 1.54) is 16.7 Å². The van der Waals surface area contributed by atoms with Gasteiger partial charge in [0.2, 0.25) is 11.8 Å². The molecule has 4 nitrogen and oxygen atoms in total. The molecule has 2 aromatic rings. The molecule has 0 saturated carbocycles. The third-order valence-electron chi connectivity index (χ3n) is 3.76. The SMILES string of the molecule is CCCNC(CC)c1nnc(Cc2ccc(C)c(C)c2)o1. The smallest absolute Gasteiger partial charge is 0.233 e. The number of rotatable bonds is 7. The summed E-state index contributed by atoms with van der Waals surface area (Å²) in [7, 11) is 0. The van der Waals surface area contributed by atoms with Crippen LogP contribution in [0.4, 0.5) is 0 Å². The van der Waals surface area contributed by atoms with E-state index in [0.29, 0.717) is 18.2 Å². The first-order valence-corrected chi connectivity index (χ1v) is 7.75. The Bertz CT molecular complexity index is 577. The number of benzene rings is 1. The Kier molecular flexibility index (Phi) is 5.51. The first kappa shape index (κ1) is 15.7. The lowest BCUT2D eigenvalue weighted by Gasteiger charge is -2.11. The fraction of sp³-hybridized carbons (Fsp3) is 0.529. The van der Waals surface area contributed by atoms with Gasteiger partial charge < -0.3 is 9.73 Å². The maximum Gasteiger partial charge on any atom is 0.233 e. The summed E-state index contributed by atoms with van der Waals surface area (Å²) in [6.07, 6.45) is 2.74. The highest BCUT2D eigenvalue weighted by molar-refractivity contribution is 5.31. The Morgan fingerprint density at radius 2 is 1.95 bits per heavy atom. The molecule has 1 unspecified atom stereocenters. The zero-order valence-electron chi connectivity index (χ0n) is 13.4. The summed E-state index contributed by atoms with van der Waals surface area (Å²) in [6, 6.07) is 6.61. The number of aryl methyl sites for hydroxylation is 2. The molecular formula is C17H25N3O. The molecule has 4 heteroatoms. The topological polar surface area (TPSA) is 51.0 Å². The molecule has 1 N–H and O–H groups in total. The summed E-state index contributed by atoms with van der Waals surface area (Å²) in [5.41, 5.74) is 3.81. The molecule has 114 valence electrons. The minimum Gasteiger partial charge on any atom is -0.423 e. The molecule has 0 spiro atoms. The maximum atomic E-state index is 5.82. The van der Waals surface area contributed by atoms with Crippen LogP contribution in [0.5, 0.6) is 0 Å². The molecule has 0 fully saturated rings. The number of hydrogen-bond acceptors (Lipinski definition) is 4. The highest BCUT2D eigenvalue weighted by Crippen LogP contribution is 2.18. The standard InChI is InChI=1S/C17H25N3O/c1-5-9-18-15(6-2)17-20-19-16(21-17)11-14-8-7-12(3)13(4)10-14/h7-8,10,15,18H,5-6,9,11H2,1-4H3. The minimum atomic E-state index is 0.158. The van der Waals surface area contributed by atoms with Crippen molar-refractivity contribution in [1.82, 2.24) is 15.5 Å². The Balaban J connectivity index is 2.06. The molecule has 0 aliphatic rings. The predicted molar refractivity (Wildman–Crippen MR) is 84.3 cm³/mol. The van der Waals surface area contributed by atoms with Gasteiger partial charge in [0, 0.05) is 0 Å². The van der Waals surface area contributed by atoms with Gasteiger partial charge in [-0.1, -0.05) is 32.0 Å². The van der Waals surface area contributed by atoms with Crippen LogP contribution in [0.2, 0.25) is 0 Å². The quantitative estimate of drug-likeness (QED) is 0.843. The summed E-state index contributed by atoms with van der Waals surface area (Å²) in [5, 5.41) is 11.8. The first-order chi connectivity index (χ1) is 10.1. The van der Waals surface area contributed by atoms with Crippen LogP contribution in [-0.2, 0) is 6.42 Å². The second-order valence-electron chi connectivity index (χ2n) is 5.54. The predicted octanol–water partition coefficient (Wildman–Crippen LogP) is 3.73. The van der Waals surface area contributed by atoms with Crippen LogP contribution < -0.4 is 5.32 Å². The molecule has 0 radical (unpaired) electrons. The second-order valence-corrected chi connectivity index (χ2v) is 5.54. The third kappa shape index (κ3) is 4.14. The van der Waals surface area contributed by atoms with Gasteiger partial charge in [-0.2, -0.15) is 0 Å². The molecule has 1 aromatic carbocycles. The van der Waals surface area contributed by atoms with Gasteiger partial charge in [-0.3, -0.25) is 0 Å². The summed E-state index contributed by atoms with van der Waals surface area (Å²) in [5.74, 6) is 1.38. The van der Waals surface area contributed by atoms with Gasteiger partial charge in [0.25, 0.3) is 0 Å². The van der Waals surface area contributed by atoms with Gasteiger partial charge in [0.15, 0.2) is 0 Å². The van der Waals surface area contributed by atoms with E-state index >= 15 is 0 Å². The number of nitrogens with zero attached hydrogens (tertiary/aromatic N) is 2. The molecule has 0 amide bonds. The fourth-order valence-electron chi connectivity index (χ4n) is 2.29. The molecule has 1 atom stereocenters. The molecule has 1 aromatic heterocycles. The van der Waals surface area contributed by atoms with E-state index in [-0.39, 0.29) is 6.04 Å². The van der Waals surface area contributed by atoms with Crippen LogP contribution in [0.25, 0.3) is 0 Å². The molecule has 0 aliphatic heterocycles. The monoisotopic (exact) mass is 287 g/mol. The average Bonchev–Trinajstić information content (AvgIpc) is 2.92. The lowest BCUT2D eigenvalue weighted by Crippen LogP contribution is -2.21. The highest BCUT2D eigenvalue weighted by atomic mass is 16.4. The molecule has 0 saturated heterocycles. The van der Waals surface area contributed by atoms with Gasteiger partial charge in [-0.25, -0.2) is 0 Å². The molecular weight excluding hydrogens is 262 g/mol. The summed E-state index contributed by atoms with van der Waals surface area (Å²) in [6.45, 7) is 9.49. The van der Waals surface area contributed by atoms with Crippen LogP contribution in [0.1, 0.15) is 61.2 Å². The van der Waals surface area contributed by atoms with E-state index in [1.54, 1.807) is 0 Å². The Labute approximate surface area is 127 Å². The van der Waals surface area contributed by atoms with Gasteiger partial charge in [-0.05, 0) is 49.9 Å². The Morgan fingerprint density at radius 1 is 1.14 bits per heavy atom. The summed E-state index contributed by atoms with van der Waals surface area (Å²) >= 11 is 0. The van der Waals surface area contributed by atoms with Crippen molar-refractivity contribution in [2.75, 3.05) is 6.54 Å². The van der Waals surface area contributed by atoms with Crippen LogP contribution in [-0.4, -0.2) is 16.7 Å². The van der Waals surface area contributed by atoms with Crippen LogP contribution >= 0.6 is 0 Å². The largest absolute Gasteiger partial charge is 0.423 e. The average molecular weight is 287 g/mol. The van der Waals surface area contributed by atoms with E-state index in [4.69, 9.17) is 4.42 Å². The van der Waals surface area contributed by atoms with Gasteiger partial charge >= 0.3 is 0 Å².